The van der Waals surface area contributed by atoms with Gasteiger partial charge in [0.1, 0.15) is 18.2 Å². The monoisotopic (exact) mass is 268 g/mol. The summed E-state index contributed by atoms with van der Waals surface area (Å²) in [4.78, 5) is 6.28. The van der Waals surface area contributed by atoms with E-state index >= 15 is 0 Å². The fraction of sp³-hybridized carbons (Fsp3) is 0.188. The number of nitrogens with zero attached hydrogens (tertiary/aromatic N) is 2. The van der Waals surface area contributed by atoms with E-state index in [-0.39, 0.29) is 0 Å². The highest BCUT2D eigenvalue weighted by Crippen LogP contribution is 2.32. The lowest BCUT2D eigenvalue weighted by Crippen LogP contribution is -2.37. The molecule has 1 aliphatic rings. The molecule has 1 heterocycles. The summed E-state index contributed by atoms with van der Waals surface area (Å²) in [5.74, 6) is 1.50. The minimum Gasteiger partial charge on any atom is -0.486 e. The minimum absolute atomic E-state index is 0.325. The Balaban J connectivity index is 1.81. The summed E-state index contributed by atoms with van der Waals surface area (Å²) < 4.78 is 5.70. The van der Waals surface area contributed by atoms with Crippen molar-refractivity contribution in [2.24, 2.45) is 4.99 Å². The third-order valence-corrected chi connectivity index (χ3v) is 3.35. The highest BCUT2D eigenvalue weighted by atomic mass is 16.5. The number of rotatable bonds is 3. The molecule has 0 aliphatic carbocycles. The van der Waals surface area contributed by atoms with Crippen LogP contribution in [-0.2, 0) is 0 Å². The normalized spacial score (nSPS) is 17.4. The van der Waals surface area contributed by atoms with E-state index in [4.69, 9.17) is 4.74 Å². The van der Waals surface area contributed by atoms with Crippen molar-refractivity contribution in [2.75, 3.05) is 13.7 Å². The predicted molar refractivity (Wildman–Crippen MR) is 78.2 cm³/mol. The Kier molecular flexibility index (Phi) is 3.39. The molecule has 0 amide bonds. The van der Waals surface area contributed by atoms with E-state index in [1.807, 2.05) is 61.6 Å². The average molecular weight is 268 g/mol. The standard InChI is InChI=1S/C16H16N2O2/c1-18-15(11-20-12-7-3-2-4-8-12)17-14-10-6-5-9-13(14)16(18)19/h2-10,16,19H,11H2,1H3. The highest BCUT2D eigenvalue weighted by Gasteiger charge is 2.25. The molecule has 4 nitrogen and oxygen atoms in total. The zero-order valence-corrected chi connectivity index (χ0v) is 11.2. The number of likely N-dealkylation sites (N-methyl/N-ethyl adjacent to an activating group) is 1. The number of aliphatic imine (C=N–C) groups is 1. The summed E-state index contributed by atoms with van der Waals surface area (Å²) in [5, 5.41) is 10.3. The number of benzene rings is 2. The number of hydrogen-bond donors (Lipinski definition) is 1. The lowest BCUT2D eigenvalue weighted by Gasteiger charge is -2.31. The number of fused-ring (bicyclic) bond motifs is 1. The minimum atomic E-state index is -0.682. The van der Waals surface area contributed by atoms with Crippen LogP contribution in [0.25, 0.3) is 0 Å². The molecule has 20 heavy (non-hydrogen) atoms. The Hall–Kier alpha value is -2.33. The SMILES string of the molecule is CN1C(COc2ccccc2)=Nc2ccccc2C1O. The van der Waals surface area contributed by atoms with E-state index in [1.54, 1.807) is 4.90 Å². The zero-order chi connectivity index (χ0) is 13.9. The van der Waals surface area contributed by atoms with E-state index in [2.05, 4.69) is 4.99 Å². The topological polar surface area (TPSA) is 45.1 Å². The van der Waals surface area contributed by atoms with E-state index in [1.165, 1.54) is 0 Å². The molecule has 0 aromatic heterocycles. The van der Waals surface area contributed by atoms with Gasteiger partial charge in [-0.1, -0.05) is 36.4 Å². The lowest BCUT2D eigenvalue weighted by molar-refractivity contribution is 0.0635. The first-order valence-electron chi connectivity index (χ1n) is 6.51. The maximum Gasteiger partial charge on any atom is 0.156 e. The van der Waals surface area contributed by atoms with Gasteiger partial charge in [0, 0.05) is 12.6 Å². The molecule has 1 N–H and O–H groups in total. The van der Waals surface area contributed by atoms with Crippen LogP contribution in [0, 0.1) is 0 Å². The van der Waals surface area contributed by atoms with Gasteiger partial charge in [-0.25, -0.2) is 4.99 Å². The number of ether oxygens (including phenoxy) is 1. The van der Waals surface area contributed by atoms with Crippen LogP contribution in [0.1, 0.15) is 11.8 Å². The fourth-order valence-electron chi connectivity index (χ4n) is 2.17. The molecule has 102 valence electrons. The molecule has 0 fully saturated rings. The van der Waals surface area contributed by atoms with Crippen LogP contribution in [-0.4, -0.2) is 29.5 Å². The molecular weight excluding hydrogens is 252 g/mol. The first kappa shape index (κ1) is 12.7. The number of aliphatic hydroxyl groups excluding tert-OH is 1. The molecule has 0 spiro atoms. The van der Waals surface area contributed by atoms with Gasteiger partial charge in [-0.2, -0.15) is 0 Å². The largest absolute Gasteiger partial charge is 0.486 e. The summed E-state index contributed by atoms with van der Waals surface area (Å²) in [6.07, 6.45) is -0.682. The number of amidine groups is 1. The van der Waals surface area contributed by atoms with Crippen molar-refractivity contribution in [3.05, 3.63) is 60.2 Å². The summed E-state index contributed by atoms with van der Waals surface area (Å²) in [6, 6.07) is 17.2. The second-order valence-corrected chi connectivity index (χ2v) is 4.67. The maximum atomic E-state index is 10.3. The van der Waals surface area contributed by atoms with Gasteiger partial charge in [0.2, 0.25) is 0 Å². The van der Waals surface area contributed by atoms with Crippen LogP contribution in [0.2, 0.25) is 0 Å². The molecule has 1 unspecified atom stereocenters. The molecule has 2 aromatic rings. The third kappa shape index (κ3) is 2.38. The zero-order valence-electron chi connectivity index (χ0n) is 11.2. The molecule has 2 aromatic carbocycles. The summed E-state index contributed by atoms with van der Waals surface area (Å²) in [5.41, 5.74) is 1.61. The Morgan fingerprint density at radius 3 is 2.60 bits per heavy atom. The van der Waals surface area contributed by atoms with Gasteiger partial charge in [-0.05, 0) is 18.2 Å². The second-order valence-electron chi connectivity index (χ2n) is 4.67. The molecule has 0 saturated carbocycles. The highest BCUT2D eigenvalue weighted by molar-refractivity contribution is 5.88. The predicted octanol–water partition coefficient (Wildman–Crippen LogP) is 2.73. The number of hydrogen-bond acceptors (Lipinski definition) is 4. The second kappa shape index (κ2) is 5.35. The fourth-order valence-corrected chi connectivity index (χ4v) is 2.17. The van der Waals surface area contributed by atoms with E-state index in [0.29, 0.717) is 12.4 Å². The van der Waals surface area contributed by atoms with Gasteiger partial charge in [-0.3, -0.25) is 0 Å². The van der Waals surface area contributed by atoms with Crippen molar-refractivity contribution < 1.29 is 9.84 Å². The Morgan fingerprint density at radius 2 is 1.80 bits per heavy atom. The van der Waals surface area contributed by atoms with Gasteiger partial charge in [0.05, 0.1) is 5.69 Å². The van der Waals surface area contributed by atoms with Crippen molar-refractivity contribution in [3.63, 3.8) is 0 Å². The molecule has 0 saturated heterocycles. The van der Waals surface area contributed by atoms with Gasteiger partial charge in [0.15, 0.2) is 6.23 Å². The lowest BCUT2D eigenvalue weighted by atomic mass is 10.1. The van der Waals surface area contributed by atoms with Crippen LogP contribution < -0.4 is 4.74 Å². The van der Waals surface area contributed by atoms with Crippen molar-refractivity contribution in [2.45, 2.75) is 6.23 Å². The quantitative estimate of drug-likeness (QED) is 0.931. The summed E-state index contributed by atoms with van der Waals surface area (Å²) >= 11 is 0. The van der Waals surface area contributed by atoms with Gasteiger partial charge in [-0.15, -0.1) is 0 Å². The van der Waals surface area contributed by atoms with Crippen molar-refractivity contribution in [1.82, 2.24) is 4.90 Å². The van der Waals surface area contributed by atoms with Crippen LogP contribution in [0.15, 0.2) is 59.6 Å². The molecule has 3 rings (SSSR count). The Morgan fingerprint density at radius 1 is 1.10 bits per heavy atom. The van der Waals surface area contributed by atoms with E-state index in [9.17, 15) is 5.11 Å². The van der Waals surface area contributed by atoms with Crippen molar-refractivity contribution in [1.29, 1.82) is 0 Å². The number of para-hydroxylation sites is 2. The molecule has 0 bridgehead atoms. The van der Waals surface area contributed by atoms with Crippen LogP contribution >= 0.6 is 0 Å². The number of aliphatic hydroxyl groups is 1. The smallest absolute Gasteiger partial charge is 0.156 e. The molecule has 4 heteroatoms. The van der Waals surface area contributed by atoms with Gasteiger partial charge >= 0.3 is 0 Å². The first-order chi connectivity index (χ1) is 9.75. The molecule has 0 radical (unpaired) electrons. The van der Waals surface area contributed by atoms with Gasteiger partial charge < -0.3 is 14.7 Å². The molecular formula is C16H16N2O2. The van der Waals surface area contributed by atoms with Crippen molar-refractivity contribution >= 4 is 11.5 Å². The van der Waals surface area contributed by atoms with Crippen molar-refractivity contribution in [3.8, 4) is 5.75 Å². The van der Waals surface area contributed by atoms with Gasteiger partial charge in [0.25, 0.3) is 0 Å². The average Bonchev–Trinajstić information content (AvgIpc) is 2.50. The maximum absolute atomic E-state index is 10.3. The van der Waals surface area contributed by atoms with Crippen LogP contribution in [0.5, 0.6) is 5.75 Å². The summed E-state index contributed by atoms with van der Waals surface area (Å²) in [7, 11) is 1.81. The Labute approximate surface area is 118 Å². The van der Waals surface area contributed by atoms with Crippen LogP contribution in [0.3, 0.4) is 0 Å². The Bertz CT molecular complexity index is 625. The third-order valence-electron chi connectivity index (χ3n) is 3.35. The molecule has 1 atom stereocenters. The summed E-state index contributed by atoms with van der Waals surface area (Å²) in [6.45, 7) is 0.325. The molecule has 1 aliphatic heterocycles. The first-order valence-corrected chi connectivity index (χ1v) is 6.51. The van der Waals surface area contributed by atoms with Crippen LogP contribution in [0.4, 0.5) is 5.69 Å². The van der Waals surface area contributed by atoms with E-state index < -0.39 is 6.23 Å². The van der Waals surface area contributed by atoms with E-state index in [0.717, 1.165) is 17.0 Å².